The fourth-order valence-corrected chi connectivity index (χ4v) is 3.70. The summed E-state index contributed by atoms with van der Waals surface area (Å²) in [5.74, 6) is 1.58. The molecule has 3 rings (SSSR count). The zero-order valence-corrected chi connectivity index (χ0v) is 19.0. The number of imidazole rings is 1. The summed E-state index contributed by atoms with van der Waals surface area (Å²) in [7, 11) is 1.56. The van der Waals surface area contributed by atoms with Crippen molar-refractivity contribution in [2.45, 2.75) is 52.2 Å². The lowest BCUT2D eigenvalue weighted by atomic mass is 9.99. The summed E-state index contributed by atoms with van der Waals surface area (Å²) in [6.45, 7) is 5.18. The van der Waals surface area contributed by atoms with E-state index in [0.29, 0.717) is 24.2 Å². The van der Waals surface area contributed by atoms with Crippen LogP contribution in [0.25, 0.3) is 11.2 Å². The summed E-state index contributed by atoms with van der Waals surface area (Å²) in [5.41, 5.74) is -0.534. The van der Waals surface area contributed by atoms with Crippen LogP contribution in [0, 0.1) is 5.92 Å². The van der Waals surface area contributed by atoms with E-state index in [9.17, 15) is 14.7 Å². The highest BCUT2D eigenvalue weighted by atomic mass is 16.5. The molecule has 9 nitrogen and oxygen atoms in total. The van der Waals surface area contributed by atoms with Gasteiger partial charge in [0.1, 0.15) is 18.5 Å². The van der Waals surface area contributed by atoms with Gasteiger partial charge in [-0.3, -0.25) is 14.3 Å². The van der Waals surface area contributed by atoms with E-state index in [2.05, 4.69) is 29.1 Å². The summed E-state index contributed by atoms with van der Waals surface area (Å²) < 4.78 is 8.60. The standard InChI is InChI=1S/C23H33N5O4/c1-4-6-10-16(5-2)13-24-22-25-20-19(21(30)26-23(31)27(20)3)28(22)14-17(29)15-32-18-11-8-7-9-12-18/h7-9,11-12,16-17,29H,4-6,10,13-15H2,1-3H3,(H,24,25)(H,26,30,31)/t16-,17-/m1/s1. The average Bonchev–Trinajstić information content (AvgIpc) is 3.15. The van der Waals surface area contributed by atoms with Crippen molar-refractivity contribution >= 4 is 17.1 Å². The summed E-state index contributed by atoms with van der Waals surface area (Å²) in [5, 5.41) is 14.0. The van der Waals surface area contributed by atoms with Crippen LogP contribution >= 0.6 is 0 Å². The molecule has 0 amide bonds. The molecule has 9 heteroatoms. The number of rotatable bonds is 12. The van der Waals surface area contributed by atoms with E-state index >= 15 is 0 Å². The number of aliphatic hydroxyl groups is 1. The van der Waals surface area contributed by atoms with Crippen molar-refractivity contribution in [3.8, 4) is 5.75 Å². The van der Waals surface area contributed by atoms with Crippen molar-refractivity contribution in [3.05, 3.63) is 51.2 Å². The molecule has 0 fully saturated rings. The number of nitrogens with one attached hydrogen (secondary N) is 2. The van der Waals surface area contributed by atoms with Gasteiger partial charge in [0.15, 0.2) is 11.2 Å². The maximum atomic E-state index is 12.6. The summed E-state index contributed by atoms with van der Waals surface area (Å²) in [4.78, 5) is 31.5. The van der Waals surface area contributed by atoms with Crippen molar-refractivity contribution in [1.29, 1.82) is 0 Å². The van der Waals surface area contributed by atoms with Crippen molar-refractivity contribution in [3.63, 3.8) is 0 Å². The summed E-state index contributed by atoms with van der Waals surface area (Å²) in [6.07, 6.45) is 3.54. The van der Waals surface area contributed by atoms with Crippen LogP contribution in [0.1, 0.15) is 39.5 Å². The number of para-hydroxylation sites is 1. The number of aryl methyl sites for hydroxylation is 1. The lowest BCUT2D eigenvalue weighted by Gasteiger charge is -2.18. The number of hydrogen-bond donors (Lipinski definition) is 3. The van der Waals surface area contributed by atoms with Crippen molar-refractivity contribution < 1.29 is 9.84 Å². The number of aromatic nitrogens is 4. The number of unbranched alkanes of at least 4 members (excludes halogenated alkanes) is 1. The smallest absolute Gasteiger partial charge is 0.329 e. The van der Waals surface area contributed by atoms with Crippen LogP contribution in [-0.2, 0) is 13.6 Å². The Labute approximate surface area is 187 Å². The van der Waals surface area contributed by atoms with E-state index in [1.54, 1.807) is 11.6 Å². The average molecular weight is 444 g/mol. The number of fused-ring (bicyclic) bond motifs is 1. The summed E-state index contributed by atoms with van der Waals surface area (Å²) in [6, 6.07) is 9.23. The van der Waals surface area contributed by atoms with E-state index < -0.39 is 17.4 Å². The lowest BCUT2D eigenvalue weighted by molar-refractivity contribution is 0.0938. The number of nitrogens with zero attached hydrogens (tertiary/aromatic N) is 3. The normalized spacial score (nSPS) is 13.2. The Hall–Kier alpha value is -3.07. The molecule has 0 radical (unpaired) electrons. The Bertz CT molecular complexity index is 1120. The Morgan fingerprint density at radius 1 is 1.22 bits per heavy atom. The SMILES string of the molecule is CCCC[C@@H](CC)CNc1nc2c(c(=O)[nH]c(=O)n2C)n1C[C@@H](O)COc1ccccc1. The van der Waals surface area contributed by atoms with Gasteiger partial charge in [0, 0.05) is 13.6 Å². The predicted molar refractivity (Wildman–Crippen MR) is 125 cm³/mol. The fourth-order valence-electron chi connectivity index (χ4n) is 3.70. The van der Waals surface area contributed by atoms with E-state index in [0.717, 1.165) is 25.7 Å². The van der Waals surface area contributed by atoms with E-state index in [1.807, 2.05) is 30.3 Å². The molecule has 0 aliphatic heterocycles. The Morgan fingerprint density at radius 2 is 1.97 bits per heavy atom. The molecular formula is C23H33N5O4. The van der Waals surface area contributed by atoms with Crippen LogP contribution in [0.4, 0.5) is 5.95 Å². The minimum absolute atomic E-state index is 0.0564. The van der Waals surface area contributed by atoms with Gasteiger partial charge >= 0.3 is 5.69 Å². The van der Waals surface area contributed by atoms with Gasteiger partial charge in [-0.15, -0.1) is 0 Å². The minimum atomic E-state index is -0.883. The van der Waals surface area contributed by atoms with Crippen LogP contribution in [-0.4, -0.2) is 43.5 Å². The number of aliphatic hydroxyl groups excluding tert-OH is 1. The van der Waals surface area contributed by atoms with Crippen LogP contribution in [0.3, 0.4) is 0 Å². The molecule has 0 aliphatic rings. The second kappa shape index (κ2) is 11.0. The number of ether oxygens (including phenoxy) is 1. The van der Waals surface area contributed by atoms with Crippen LogP contribution in [0.2, 0.25) is 0 Å². The molecule has 1 aromatic carbocycles. The van der Waals surface area contributed by atoms with E-state index in [1.165, 1.54) is 4.57 Å². The quantitative estimate of drug-likeness (QED) is 0.396. The van der Waals surface area contributed by atoms with E-state index in [-0.39, 0.29) is 24.3 Å². The molecule has 3 aromatic rings. The zero-order valence-electron chi connectivity index (χ0n) is 19.0. The second-order valence-electron chi connectivity index (χ2n) is 8.11. The third-order valence-electron chi connectivity index (χ3n) is 5.68. The highest BCUT2D eigenvalue weighted by molar-refractivity contribution is 5.74. The number of aromatic amines is 1. The molecule has 0 bridgehead atoms. The Morgan fingerprint density at radius 3 is 2.66 bits per heavy atom. The molecule has 0 spiro atoms. The first-order valence-electron chi connectivity index (χ1n) is 11.2. The molecular weight excluding hydrogens is 410 g/mol. The second-order valence-corrected chi connectivity index (χ2v) is 8.11. The highest BCUT2D eigenvalue weighted by Crippen LogP contribution is 2.19. The van der Waals surface area contributed by atoms with Crippen LogP contribution < -0.4 is 21.3 Å². The lowest BCUT2D eigenvalue weighted by Crippen LogP contribution is -2.31. The van der Waals surface area contributed by atoms with Gasteiger partial charge < -0.3 is 19.7 Å². The Kier molecular flexibility index (Phi) is 8.10. The molecule has 0 aliphatic carbocycles. The first-order valence-corrected chi connectivity index (χ1v) is 11.2. The maximum absolute atomic E-state index is 12.6. The predicted octanol–water partition coefficient (Wildman–Crippen LogP) is 2.49. The minimum Gasteiger partial charge on any atom is -0.491 e. The van der Waals surface area contributed by atoms with Gasteiger partial charge in [-0.25, -0.2) is 4.79 Å². The number of benzene rings is 1. The third kappa shape index (κ3) is 5.59. The number of hydrogen-bond acceptors (Lipinski definition) is 6. The molecule has 32 heavy (non-hydrogen) atoms. The molecule has 3 N–H and O–H groups in total. The van der Waals surface area contributed by atoms with Crippen molar-refractivity contribution in [1.82, 2.24) is 19.1 Å². The maximum Gasteiger partial charge on any atom is 0.329 e. The van der Waals surface area contributed by atoms with Gasteiger partial charge in [0.25, 0.3) is 5.56 Å². The highest BCUT2D eigenvalue weighted by Gasteiger charge is 2.20. The first-order chi connectivity index (χ1) is 15.4. The van der Waals surface area contributed by atoms with Gasteiger partial charge in [-0.1, -0.05) is 51.3 Å². The van der Waals surface area contributed by atoms with Gasteiger partial charge in [-0.05, 0) is 24.5 Å². The molecule has 0 saturated carbocycles. The fraction of sp³-hybridized carbons (Fsp3) is 0.522. The monoisotopic (exact) mass is 443 g/mol. The first kappa shape index (κ1) is 23.6. The molecule has 2 heterocycles. The molecule has 0 unspecified atom stereocenters. The number of anilines is 1. The van der Waals surface area contributed by atoms with Gasteiger partial charge in [-0.2, -0.15) is 4.98 Å². The zero-order chi connectivity index (χ0) is 23.1. The summed E-state index contributed by atoms with van der Waals surface area (Å²) >= 11 is 0. The van der Waals surface area contributed by atoms with Crippen molar-refractivity contribution in [2.75, 3.05) is 18.5 Å². The van der Waals surface area contributed by atoms with Crippen LogP contribution in [0.15, 0.2) is 39.9 Å². The topological polar surface area (TPSA) is 114 Å². The Balaban J connectivity index is 1.86. The van der Waals surface area contributed by atoms with Gasteiger partial charge in [0.2, 0.25) is 5.95 Å². The van der Waals surface area contributed by atoms with E-state index in [4.69, 9.17) is 4.74 Å². The molecule has 2 aromatic heterocycles. The molecule has 0 saturated heterocycles. The number of H-pyrrole nitrogens is 1. The van der Waals surface area contributed by atoms with Crippen molar-refractivity contribution in [2.24, 2.45) is 13.0 Å². The largest absolute Gasteiger partial charge is 0.491 e. The molecule has 174 valence electrons. The van der Waals surface area contributed by atoms with Gasteiger partial charge in [0.05, 0.1) is 6.54 Å². The third-order valence-corrected chi connectivity index (χ3v) is 5.68. The molecule has 2 atom stereocenters. The van der Waals surface area contributed by atoms with Crippen LogP contribution in [0.5, 0.6) is 5.75 Å².